The number of unbranched alkanes of at least 4 members (excludes halogenated alkanes) is 1. The predicted molar refractivity (Wildman–Crippen MR) is 238 cm³/mol. The topological polar surface area (TPSA) is 70.0 Å². The van der Waals surface area contributed by atoms with Crippen LogP contribution in [0.1, 0.15) is 175 Å². The first-order chi connectivity index (χ1) is 27.2. The molecule has 0 saturated heterocycles. The van der Waals surface area contributed by atoms with Gasteiger partial charge in [0.2, 0.25) is 11.8 Å². The Morgan fingerprint density at radius 3 is 1.84 bits per heavy atom. The van der Waals surface area contributed by atoms with E-state index in [1.54, 1.807) is 29.6 Å². The molecule has 0 aliphatic heterocycles. The largest absolute Gasteiger partial charge is 0.480 e. The summed E-state index contributed by atoms with van der Waals surface area (Å²) in [5.74, 6) is 0.589. The molecule has 11 heteroatoms. The quantitative estimate of drug-likeness (QED) is 0.0915. The van der Waals surface area contributed by atoms with Gasteiger partial charge in [-0.3, -0.25) is 0 Å². The van der Waals surface area contributed by atoms with Gasteiger partial charge in [-0.25, -0.2) is 32.5 Å². The van der Waals surface area contributed by atoms with Crippen LogP contribution in [0.25, 0.3) is 17.0 Å². The number of halogens is 4. The lowest BCUT2D eigenvalue weighted by atomic mass is 10.0. The highest BCUT2D eigenvalue weighted by atomic mass is 31.0. The maximum absolute atomic E-state index is 12.5. The molecule has 6 nitrogen and oxygen atoms in total. The van der Waals surface area contributed by atoms with Crippen molar-refractivity contribution < 1.29 is 27.0 Å². The molecule has 2 aliphatic rings. The number of allylic oxidation sites excluding steroid dienone is 3. The van der Waals surface area contributed by atoms with Crippen LogP contribution in [0.2, 0.25) is 0 Å². The van der Waals surface area contributed by atoms with Gasteiger partial charge in [-0.15, -0.1) is 0 Å². The van der Waals surface area contributed by atoms with Crippen molar-refractivity contribution >= 4 is 14.8 Å². The summed E-state index contributed by atoms with van der Waals surface area (Å²) in [6.07, 6.45) is 14.0. The lowest BCUT2D eigenvalue weighted by molar-refractivity contribution is 0.0188. The average Bonchev–Trinajstić information content (AvgIpc) is 4.14. The summed E-state index contributed by atoms with van der Waals surface area (Å²) in [4.78, 5) is 18.4. The zero-order chi connectivity index (χ0) is 44.3. The fraction of sp³-hybridized carbons (Fsp3) is 0.617. The Morgan fingerprint density at radius 1 is 0.931 bits per heavy atom. The summed E-state index contributed by atoms with van der Waals surface area (Å²) in [6, 6.07) is 8.26. The number of aromatic nitrogens is 4. The van der Waals surface area contributed by atoms with Gasteiger partial charge in [-0.2, -0.15) is 4.98 Å². The Balaban J connectivity index is 0.000000522. The first-order valence-electron chi connectivity index (χ1n) is 21.0. The van der Waals surface area contributed by atoms with Gasteiger partial charge in [0.05, 0.1) is 12.8 Å². The standard InChI is InChI=1S/C26H30N4O2.C6H11F2P.C6H10F2.C5H12.C4H10/c1-6-17(4)21-13-27-24(22-23(20-11-12-20)28-15-29-26(22)31-5)30-25(21)32-14-18-7-9-19(10-8-18)16(2)3;1-2-5(3-4-5)6(7,8)9;1-4-5(2)6(3,7)8;1-4-5(2)3;1-3-4-2/h7-10,13,15,17,20H,2,6,11-12,14H2,1,3-5H3;2-4,9H2,1H3;4H,1-3H3;5H,4H2,1-3H3;3-4H2,1-2H3/b;;5-4+;;. The second kappa shape index (κ2) is 25.3. The number of rotatable bonds is 14. The molecule has 2 heterocycles. The van der Waals surface area contributed by atoms with Gasteiger partial charge in [-0.05, 0) is 87.8 Å². The predicted octanol–water partition coefficient (Wildman–Crippen LogP) is 15.1. The highest BCUT2D eigenvalue weighted by molar-refractivity contribution is 7.18. The van der Waals surface area contributed by atoms with Crippen molar-refractivity contribution in [2.24, 2.45) is 11.3 Å². The molecule has 1 aromatic carbocycles. The van der Waals surface area contributed by atoms with Crippen LogP contribution in [0.3, 0.4) is 0 Å². The van der Waals surface area contributed by atoms with E-state index in [4.69, 9.17) is 14.5 Å². The van der Waals surface area contributed by atoms with Crippen LogP contribution in [-0.2, 0) is 6.61 Å². The summed E-state index contributed by atoms with van der Waals surface area (Å²) in [7, 11) is 3.25. The van der Waals surface area contributed by atoms with E-state index in [-0.39, 0.29) is 11.5 Å². The number of nitrogens with zero attached hydrogens (tertiary/aromatic N) is 4. The molecule has 0 N–H and O–H groups in total. The Kier molecular flexibility index (Phi) is 22.9. The minimum Gasteiger partial charge on any atom is -0.480 e. The summed E-state index contributed by atoms with van der Waals surface area (Å²) in [5, 5.41) is 0. The van der Waals surface area contributed by atoms with E-state index >= 15 is 0 Å². The van der Waals surface area contributed by atoms with Gasteiger partial charge in [0, 0.05) is 30.0 Å². The number of benzene rings is 1. The van der Waals surface area contributed by atoms with Crippen LogP contribution >= 0.6 is 9.24 Å². The van der Waals surface area contributed by atoms with Crippen molar-refractivity contribution in [3.8, 4) is 23.1 Å². The Hall–Kier alpha value is -3.39. The number of hydrogen-bond donors (Lipinski definition) is 0. The second-order valence-electron chi connectivity index (χ2n) is 15.9. The van der Waals surface area contributed by atoms with Gasteiger partial charge in [-0.1, -0.05) is 126 Å². The lowest BCUT2D eigenvalue weighted by Crippen LogP contribution is -2.21. The highest BCUT2D eigenvalue weighted by Gasteiger charge is 2.57. The van der Waals surface area contributed by atoms with E-state index in [1.165, 1.54) is 32.3 Å². The van der Waals surface area contributed by atoms with Crippen LogP contribution in [-0.4, -0.2) is 38.6 Å². The molecule has 2 aromatic heterocycles. The van der Waals surface area contributed by atoms with Gasteiger partial charge < -0.3 is 9.47 Å². The molecule has 326 valence electrons. The molecule has 2 aliphatic carbocycles. The molecule has 0 bridgehead atoms. The normalized spacial score (nSPS) is 14.8. The summed E-state index contributed by atoms with van der Waals surface area (Å²) in [6.45, 7) is 27.5. The molecule has 0 spiro atoms. The van der Waals surface area contributed by atoms with Gasteiger partial charge >= 0.3 is 0 Å². The molecular weight excluding hydrogens is 760 g/mol. The highest BCUT2D eigenvalue weighted by Crippen LogP contribution is 2.61. The molecular formula is C47H73F4N4O2P. The molecule has 2 atom stereocenters. The van der Waals surface area contributed by atoms with Crippen molar-refractivity contribution in [3.63, 3.8) is 0 Å². The molecule has 2 unspecified atom stereocenters. The molecule has 0 amide bonds. The van der Waals surface area contributed by atoms with E-state index < -0.39 is 17.0 Å². The van der Waals surface area contributed by atoms with E-state index in [1.807, 2.05) is 20.0 Å². The smallest absolute Gasteiger partial charge is 0.266 e. The van der Waals surface area contributed by atoms with Crippen molar-refractivity contribution in [3.05, 3.63) is 77.4 Å². The number of ether oxygens (including phenoxy) is 2. The van der Waals surface area contributed by atoms with Crippen molar-refractivity contribution in [1.29, 1.82) is 0 Å². The first kappa shape index (κ1) is 52.6. The Labute approximate surface area is 350 Å². The van der Waals surface area contributed by atoms with Crippen LogP contribution in [0, 0.1) is 11.3 Å². The fourth-order valence-electron chi connectivity index (χ4n) is 4.95. The summed E-state index contributed by atoms with van der Waals surface area (Å²) in [5.41, 5.74) is 2.92. The average molecular weight is 833 g/mol. The number of methoxy groups -OCH3 is 1. The second-order valence-corrected chi connectivity index (χ2v) is 16.6. The zero-order valence-electron chi connectivity index (χ0n) is 37.7. The number of hydrogen-bond acceptors (Lipinski definition) is 6. The van der Waals surface area contributed by atoms with Crippen LogP contribution in [0.5, 0.6) is 11.8 Å². The third-order valence-corrected chi connectivity index (χ3v) is 11.3. The van der Waals surface area contributed by atoms with Gasteiger partial charge in [0.1, 0.15) is 18.5 Å². The Morgan fingerprint density at radius 2 is 1.50 bits per heavy atom. The summed E-state index contributed by atoms with van der Waals surface area (Å²) < 4.78 is 60.9. The van der Waals surface area contributed by atoms with Crippen LogP contribution in [0.15, 0.2) is 55.0 Å². The molecule has 5 rings (SSSR count). The zero-order valence-corrected chi connectivity index (χ0v) is 38.9. The third-order valence-electron chi connectivity index (χ3n) is 10.6. The molecule has 58 heavy (non-hydrogen) atoms. The van der Waals surface area contributed by atoms with E-state index in [9.17, 15) is 17.6 Å². The van der Waals surface area contributed by atoms with Gasteiger partial charge in [0.25, 0.3) is 11.6 Å². The van der Waals surface area contributed by atoms with Crippen LogP contribution in [0.4, 0.5) is 17.6 Å². The first-order valence-corrected chi connectivity index (χ1v) is 21.6. The van der Waals surface area contributed by atoms with Gasteiger partial charge in [0.15, 0.2) is 5.82 Å². The van der Waals surface area contributed by atoms with Crippen LogP contribution < -0.4 is 9.47 Å². The van der Waals surface area contributed by atoms with Crippen molar-refractivity contribution in [2.75, 3.05) is 7.11 Å². The van der Waals surface area contributed by atoms with Crippen molar-refractivity contribution in [1.82, 2.24) is 19.9 Å². The lowest BCUT2D eigenvalue weighted by Gasteiger charge is -2.20. The molecule has 2 fully saturated rings. The molecule has 3 aromatic rings. The van der Waals surface area contributed by atoms with Crippen molar-refractivity contribution in [2.45, 2.75) is 171 Å². The molecule has 2 saturated carbocycles. The maximum atomic E-state index is 12.5. The monoisotopic (exact) mass is 833 g/mol. The van der Waals surface area contributed by atoms with E-state index in [0.29, 0.717) is 49.4 Å². The maximum Gasteiger partial charge on any atom is 0.266 e. The minimum absolute atomic E-state index is 0.123. The number of alkyl halides is 4. The van der Waals surface area contributed by atoms with E-state index in [0.717, 1.165) is 65.6 Å². The molecule has 0 radical (unpaired) electrons. The summed E-state index contributed by atoms with van der Waals surface area (Å²) >= 11 is 0. The fourth-order valence-corrected chi connectivity index (χ4v) is 5.44. The SMILES string of the molecule is C/C=C(\C)C(C)(F)F.C=C(C)c1ccc(COc2nc(-c3c(OC)ncnc3C3CC3)ncc2C(C)CC)cc1.CCC(C)C.CCC1(C(F)(F)P)CC1.CCCC. The van der Waals surface area contributed by atoms with E-state index in [2.05, 4.69) is 94.3 Å². The third kappa shape index (κ3) is 17.5. The Bertz CT molecular complexity index is 1680. The minimum atomic E-state index is -2.63.